The van der Waals surface area contributed by atoms with Gasteiger partial charge >= 0.3 is 0 Å². The molecule has 0 aromatic heterocycles. The third kappa shape index (κ3) is 2.21. The topological polar surface area (TPSA) is 32.3 Å². The predicted molar refractivity (Wildman–Crippen MR) is 71.3 cm³/mol. The van der Waals surface area contributed by atoms with Gasteiger partial charge in [-0.2, -0.15) is 0 Å². The molecule has 0 spiro atoms. The van der Waals surface area contributed by atoms with E-state index >= 15 is 0 Å². The molecule has 0 saturated carbocycles. The lowest BCUT2D eigenvalue weighted by Crippen LogP contribution is -2.40. The summed E-state index contributed by atoms with van der Waals surface area (Å²) in [5.41, 5.74) is -0.389. The van der Waals surface area contributed by atoms with E-state index in [0.29, 0.717) is 18.4 Å². The zero-order valence-electron chi connectivity index (χ0n) is 11.7. The zero-order chi connectivity index (χ0) is 15.1. The van der Waals surface area contributed by atoms with Crippen LogP contribution in [0.3, 0.4) is 0 Å². The molecule has 0 radical (unpaired) electrons. The van der Waals surface area contributed by atoms with Gasteiger partial charge in [-0.05, 0) is 30.4 Å². The van der Waals surface area contributed by atoms with Crippen molar-refractivity contribution in [3.05, 3.63) is 35.1 Å². The summed E-state index contributed by atoms with van der Waals surface area (Å²) in [6, 6.07) is 1.84. The molecule has 3 unspecified atom stereocenters. The molecule has 6 heteroatoms. The maximum absolute atomic E-state index is 13.8. The minimum atomic E-state index is -1.59. The molecule has 1 N–H and O–H groups in total. The number of fused-ring (bicyclic) bond motifs is 1. The molecule has 3 atom stereocenters. The number of nitrogens with one attached hydrogen (secondary N) is 1. The van der Waals surface area contributed by atoms with Crippen LogP contribution in [0.5, 0.6) is 0 Å². The van der Waals surface area contributed by atoms with Crippen molar-refractivity contribution in [1.29, 1.82) is 0 Å². The van der Waals surface area contributed by atoms with Gasteiger partial charge in [0.05, 0.1) is 5.56 Å². The van der Waals surface area contributed by atoms with Crippen LogP contribution in [0, 0.1) is 29.3 Å². The third-order valence-corrected chi connectivity index (χ3v) is 4.66. The standard InChI is InChI=1S/C15H17F3N2O/c1-2-12-10-6-19-5-8(10)7-20(12)15(21)9-3-4-11(16)14(18)13(9)17/h3-4,8,10,12,19H,2,5-7H2,1H3. The van der Waals surface area contributed by atoms with Gasteiger partial charge in [0, 0.05) is 25.7 Å². The number of nitrogens with zero attached hydrogens (tertiary/aromatic N) is 1. The van der Waals surface area contributed by atoms with E-state index in [2.05, 4.69) is 5.32 Å². The van der Waals surface area contributed by atoms with Crippen LogP contribution < -0.4 is 5.32 Å². The van der Waals surface area contributed by atoms with Crippen LogP contribution in [0.1, 0.15) is 23.7 Å². The van der Waals surface area contributed by atoms with Crippen molar-refractivity contribution in [3.63, 3.8) is 0 Å². The highest BCUT2D eigenvalue weighted by molar-refractivity contribution is 5.95. The molecule has 1 aromatic rings. The molecule has 0 aliphatic carbocycles. The summed E-state index contributed by atoms with van der Waals surface area (Å²) in [5.74, 6) is -4.11. The average Bonchev–Trinajstić information content (AvgIpc) is 3.04. The van der Waals surface area contributed by atoms with Crippen molar-refractivity contribution in [1.82, 2.24) is 10.2 Å². The maximum Gasteiger partial charge on any atom is 0.257 e. The van der Waals surface area contributed by atoms with Crippen LogP contribution in [0.4, 0.5) is 13.2 Å². The third-order valence-electron chi connectivity index (χ3n) is 4.66. The van der Waals surface area contributed by atoms with Gasteiger partial charge in [0.1, 0.15) is 0 Å². The lowest BCUT2D eigenvalue weighted by molar-refractivity contribution is 0.0705. The summed E-state index contributed by atoms with van der Waals surface area (Å²) in [5, 5.41) is 3.29. The molecule has 3 rings (SSSR count). The smallest absolute Gasteiger partial charge is 0.257 e. The fourth-order valence-electron chi connectivity index (χ4n) is 3.63. The Morgan fingerprint density at radius 2 is 2.05 bits per heavy atom. The number of halogens is 3. The number of benzene rings is 1. The highest BCUT2D eigenvalue weighted by Crippen LogP contribution is 2.35. The summed E-state index contributed by atoms with van der Waals surface area (Å²) in [4.78, 5) is 14.1. The highest BCUT2D eigenvalue weighted by atomic mass is 19.2. The van der Waals surface area contributed by atoms with Gasteiger partial charge in [-0.25, -0.2) is 13.2 Å². The van der Waals surface area contributed by atoms with E-state index in [0.717, 1.165) is 31.6 Å². The second-order valence-electron chi connectivity index (χ2n) is 5.74. The van der Waals surface area contributed by atoms with Crippen molar-refractivity contribution < 1.29 is 18.0 Å². The Morgan fingerprint density at radius 3 is 2.76 bits per heavy atom. The molecule has 2 heterocycles. The lowest BCUT2D eigenvalue weighted by atomic mass is 9.93. The number of likely N-dealkylation sites (tertiary alicyclic amines) is 1. The monoisotopic (exact) mass is 298 g/mol. The minimum Gasteiger partial charge on any atom is -0.335 e. The molecule has 1 amide bonds. The minimum absolute atomic E-state index is 0.0185. The maximum atomic E-state index is 13.8. The van der Waals surface area contributed by atoms with Crippen LogP contribution in [-0.2, 0) is 0 Å². The first-order valence-electron chi connectivity index (χ1n) is 7.19. The fraction of sp³-hybridized carbons (Fsp3) is 0.533. The molecule has 2 fully saturated rings. The largest absolute Gasteiger partial charge is 0.335 e. The number of carbonyl (C=O) groups excluding carboxylic acids is 1. The number of carbonyl (C=O) groups is 1. The first kappa shape index (κ1) is 14.4. The summed E-state index contributed by atoms with van der Waals surface area (Å²) >= 11 is 0. The van der Waals surface area contributed by atoms with E-state index in [4.69, 9.17) is 0 Å². The van der Waals surface area contributed by atoms with E-state index in [-0.39, 0.29) is 11.6 Å². The molecular weight excluding hydrogens is 281 g/mol. The molecule has 21 heavy (non-hydrogen) atoms. The van der Waals surface area contributed by atoms with Gasteiger partial charge in [-0.1, -0.05) is 6.92 Å². The van der Waals surface area contributed by atoms with Crippen LogP contribution >= 0.6 is 0 Å². The van der Waals surface area contributed by atoms with E-state index in [1.807, 2.05) is 6.92 Å². The predicted octanol–water partition coefficient (Wildman–Crippen LogP) is 2.17. The van der Waals surface area contributed by atoms with Crippen LogP contribution in [0.25, 0.3) is 0 Å². The first-order chi connectivity index (χ1) is 10.0. The molecule has 1 aromatic carbocycles. The van der Waals surface area contributed by atoms with E-state index in [1.54, 1.807) is 4.90 Å². The molecule has 3 nitrogen and oxygen atoms in total. The average molecular weight is 298 g/mol. The Balaban J connectivity index is 1.90. The SMILES string of the molecule is CCC1C2CNCC2CN1C(=O)c1ccc(F)c(F)c1F. The van der Waals surface area contributed by atoms with E-state index in [9.17, 15) is 18.0 Å². The van der Waals surface area contributed by atoms with Gasteiger partial charge in [-0.15, -0.1) is 0 Å². The first-order valence-corrected chi connectivity index (χ1v) is 7.19. The van der Waals surface area contributed by atoms with Crippen molar-refractivity contribution >= 4 is 5.91 Å². The fourth-order valence-corrected chi connectivity index (χ4v) is 3.63. The van der Waals surface area contributed by atoms with E-state index < -0.39 is 23.4 Å². The lowest BCUT2D eigenvalue weighted by Gasteiger charge is -2.27. The Bertz CT molecular complexity index is 578. The van der Waals surface area contributed by atoms with Gasteiger partial charge in [-0.3, -0.25) is 4.79 Å². The van der Waals surface area contributed by atoms with Crippen molar-refractivity contribution in [2.24, 2.45) is 11.8 Å². The second kappa shape index (κ2) is 5.33. The highest BCUT2D eigenvalue weighted by Gasteiger charge is 2.45. The Morgan fingerprint density at radius 1 is 1.29 bits per heavy atom. The number of amides is 1. The quantitative estimate of drug-likeness (QED) is 0.849. The Labute approximate surface area is 121 Å². The molecular formula is C15H17F3N2O. The zero-order valence-corrected chi connectivity index (χ0v) is 11.7. The van der Waals surface area contributed by atoms with Gasteiger partial charge < -0.3 is 10.2 Å². The van der Waals surface area contributed by atoms with Crippen molar-refractivity contribution in [3.8, 4) is 0 Å². The van der Waals surface area contributed by atoms with Crippen molar-refractivity contribution in [2.75, 3.05) is 19.6 Å². The van der Waals surface area contributed by atoms with Crippen molar-refractivity contribution in [2.45, 2.75) is 19.4 Å². The van der Waals surface area contributed by atoms with Gasteiger partial charge in [0.25, 0.3) is 5.91 Å². The number of hydrogen-bond donors (Lipinski definition) is 1. The van der Waals surface area contributed by atoms with Crippen LogP contribution in [0.15, 0.2) is 12.1 Å². The molecule has 2 saturated heterocycles. The van der Waals surface area contributed by atoms with Crippen LogP contribution in [-0.4, -0.2) is 36.5 Å². The molecule has 114 valence electrons. The second-order valence-corrected chi connectivity index (χ2v) is 5.74. The summed E-state index contributed by atoms with van der Waals surface area (Å²) in [7, 11) is 0. The summed E-state index contributed by atoms with van der Waals surface area (Å²) in [6.45, 7) is 4.19. The molecule has 0 bridgehead atoms. The molecule has 2 aliphatic rings. The normalized spacial score (nSPS) is 28.0. The van der Waals surface area contributed by atoms with Crippen LogP contribution in [0.2, 0.25) is 0 Å². The number of hydrogen-bond acceptors (Lipinski definition) is 2. The van der Waals surface area contributed by atoms with Gasteiger partial charge in [0.15, 0.2) is 17.5 Å². The Kier molecular flexibility index (Phi) is 3.65. The van der Waals surface area contributed by atoms with Gasteiger partial charge in [0.2, 0.25) is 0 Å². The van der Waals surface area contributed by atoms with E-state index in [1.165, 1.54) is 0 Å². The summed E-state index contributed by atoms with van der Waals surface area (Å²) < 4.78 is 40.1. The number of rotatable bonds is 2. The Hall–Kier alpha value is -1.56. The summed E-state index contributed by atoms with van der Waals surface area (Å²) in [6.07, 6.45) is 0.764. The molecule has 2 aliphatic heterocycles.